The van der Waals surface area contributed by atoms with Gasteiger partial charge in [0.2, 0.25) is 5.75 Å². The fraction of sp³-hybridized carbons (Fsp3) is 0.333. The van der Waals surface area contributed by atoms with E-state index in [0.29, 0.717) is 34.7 Å². The molecule has 0 atom stereocenters. The molecular formula is C15H18N2O4S. The first-order chi connectivity index (χ1) is 10.5. The van der Waals surface area contributed by atoms with E-state index in [9.17, 15) is 9.90 Å². The standard InChI is InChI=1S/C15H18N2O4S/c1-4-10-9(14(19)17-15(22)16-10)5-8-6-11(20-2)13(18)12(7-8)21-3/h6-7,18H,4-5H2,1-3H3,(H2,16,17,19,22). The minimum atomic E-state index is -0.216. The van der Waals surface area contributed by atoms with E-state index in [2.05, 4.69) is 9.97 Å². The van der Waals surface area contributed by atoms with Gasteiger partial charge in [-0.05, 0) is 36.3 Å². The quantitative estimate of drug-likeness (QED) is 0.735. The molecule has 0 saturated heterocycles. The molecule has 6 nitrogen and oxygen atoms in total. The van der Waals surface area contributed by atoms with Gasteiger partial charge in [-0.25, -0.2) is 0 Å². The van der Waals surface area contributed by atoms with Gasteiger partial charge in [-0.2, -0.15) is 0 Å². The molecule has 0 aliphatic carbocycles. The van der Waals surface area contributed by atoms with Crippen LogP contribution in [0.15, 0.2) is 16.9 Å². The first kappa shape index (κ1) is 16.1. The van der Waals surface area contributed by atoms with E-state index in [1.165, 1.54) is 14.2 Å². The summed E-state index contributed by atoms with van der Waals surface area (Å²) in [5.74, 6) is 0.534. The Morgan fingerprint density at radius 1 is 1.18 bits per heavy atom. The highest BCUT2D eigenvalue weighted by Gasteiger charge is 2.14. The first-order valence-electron chi connectivity index (χ1n) is 6.78. The zero-order valence-corrected chi connectivity index (χ0v) is 13.5. The monoisotopic (exact) mass is 322 g/mol. The summed E-state index contributed by atoms with van der Waals surface area (Å²) >= 11 is 4.99. The molecule has 0 unspecified atom stereocenters. The number of methoxy groups -OCH3 is 2. The lowest BCUT2D eigenvalue weighted by atomic mass is 10.0. The van der Waals surface area contributed by atoms with Crippen molar-refractivity contribution in [3.8, 4) is 17.2 Å². The van der Waals surface area contributed by atoms with Crippen LogP contribution >= 0.6 is 12.2 Å². The molecule has 22 heavy (non-hydrogen) atoms. The molecule has 1 aromatic heterocycles. The Kier molecular flexibility index (Phi) is 4.87. The Labute approximate surface area is 132 Å². The van der Waals surface area contributed by atoms with Gasteiger partial charge in [0.1, 0.15) is 0 Å². The van der Waals surface area contributed by atoms with Crippen LogP contribution in [0.4, 0.5) is 0 Å². The molecule has 0 radical (unpaired) electrons. The normalized spacial score (nSPS) is 10.5. The highest BCUT2D eigenvalue weighted by Crippen LogP contribution is 2.37. The number of nitrogens with one attached hydrogen (secondary N) is 2. The van der Waals surface area contributed by atoms with Crippen LogP contribution in [0.3, 0.4) is 0 Å². The van der Waals surface area contributed by atoms with Gasteiger partial charge in [-0.3, -0.25) is 9.78 Å². The number of ether oxygens (including phenoxy) is 2. The number of hydrogen-bond acceptors (Lipinski definition) is 5. The Morgan fingerprint density at radius 2 is 1.77 bits per heavy atom. The Hall–Kier alpha value is -2.28. The minimum Gasteiger partial charge on any atom is -0.502 e. The zero-order valence-electron chi connectivity index (χ0n) is 12.6. The molecule has 2 aromatic rings. The highest BCUT2D eigenvalue weighted by molar-refractivity contribution is 7.71. The lowest BCUT2D eigenvalue weighted by molar-refractivity contribution is 0.339. The number of H-pyrrole nitrogens is 2. The number of phenolic OH excluding ortho intramolecular Hbond substituents is 1. The van der Waals surface area contributed by atoms with Crippen LogP contribution in [-0.4, -0.2) is 29.3 Å². The maximum absolute atomic E-state index is 12.1. The van der Waals surface area contributed by atoms with E-state index in [4.69, 9.17) is 21.7 Å². The van der Waals surface area contributed by atoms with Crippen LogP contribution in [0.5, 0.6) is 17.2 Å². The van der Waals surface area contributed by atoms with Crippen molar-refractivity contribution in [2.75, 3.05) is 14.2 Å². The molecule has 0 spiro atoms. The van der Waals surface area contributed by atoms with Gasteiger partial charge in [-0.1, -0.05) is 6.92 Å². The largest absolute Gasteiger partial charge is 0.502 e. The van der Waals surface area contributed by atoms with Crippen LogP contribution in [0.1, 0.15) is 23.7 Å². The molecule has 0 saturated carbocycles. The highest BCUT2D eigenvalue weighted by atomic mass is 32.1. The Balaban J connectivity index is 2.52. The number of aryl methyl sites for hydroxylation is 1. The molecule has 1 aromatic carbocycles. The molecule has 0 bridgehead atoms. The van der Waals surface area contributed by atoms with Crippen molar-refractivity contribution in [2.24, 2.45) is 0 Å². The van der Waals surface area contributed by atoms with Gasteiger partial charge < -0.3 is 19.6 Å². The first-order valence-corrected chi connectivity index (χ1v) is 7.19. The molecule has 7 heteroatoms. The third-order valence-electron chi connectivity index (χ3n) is 3.40. The van der Waals surface area contributed by atoms with Crippen LogP contribution < -0.4 is 15.0 Å². The summed E-state index contributed by atoms with van der Waals surface area (Å²) in [6.45, 7) is 1.95. The molecule has 0 aliphatic heterocycles. The fourth-order valence-electron chi connectivity index (χ4n) is 2.30. The molecular weight excluding hydrogens is 304 g/mol. The molecule has 1 heterocycles. The van der Waals surface area contributed by atoms with E-state index in [1.807, 2.05) is 6.92 Å². The summed E-state index contributed by atoms with van der Waals surface area (Å²) in [6.07, 6.45) is 1.03. The average Bonchev–Trinajstić information content (AvgIpc) is 2.50. The number of benzene rings is 1. The second-order valence-corrected chi connectivity index (χ2v) is 5.15. The van der Waals surface area contributed by atoms with Crippen molar-refractivity contribution in [1.82, 2.24) is 9.97 Å². The predicted molar refractivity (Wildman–Crippen MR) is 85.6 cm³/mol. The van der Waals surface area contributed by atoms with Crippen molar-refractivity contribution in [3.63, 3.8) is 0 Å². The topological polar surface area (TPSA) is 87.3 Å². The number of hydrogen-bond donors (Lipinski definition) is 3. The zero-order chi connectivity index (χ0) is 16.3. The van der Waals surface area contributed by atoms with Crippen molar-refractivity contribution in [3.05, 3.63) is 44.1 Å². The van der Waals surface area contributed by atoms with Crippen molar-refractivity contribution < 1.29 is 14.6 Å². The van der Waals surface area contributed by atoms with Gasteiger partial charge >= 0.3 is 0 Å². The van der Waals surface area contributed by atoms with Gasteiger partial charge in [0, 0.05) is 17.7 Å². The summed E-state index contributed by atoms with van der Waals surface area (Å²) in [6, 6.07) is 3.36. The van der Waals surface area contributed by atoms with Crippen molar-refractivity contribution in [1.29, 1.82) is 0 Å². The molecule has 0 fully saturated rings. The number of rotatable bonds is 5. The third-order valence-corrected chi connectivity index (χ3v) is 3.61. The number of aromatic nitrogens is 2. The van der Waals surface area contributed by atoms with Gasteiger partial charge in [-0.15, -0.1) is 0 Å². The predicted octanol–water partition coefficient (Wildman–Crippen LogP) is 2.31. The summed E-state index contributed by atoms with van der Waals surface area (Å²) in [5, 5.41) is 9.93. The Bertz CT molecular complexity index is 770. The van der Waals surface area contributed by atoms with Gasteiger partial charge in [0.25, 0.3) is 5.56 Å². The molecule has 0 aliphatic rings. The summed E-state index contributed by atoms with van der Waals surface area (Å²) < 4.78 is 10.6. The second-order valence-electron chi connectivity index (χ2n) is 4.74. The third kappa shape index (κ3) is 3.14. The summed E-state index contributed by atoms with van der Waals surface area (Å²) in [7, 11) is 2.92. The molecule has 118 valence electrons. The van der Waals surface area contributed by atoms with E-state index in [1.54, 1.807) is 12.1 Å². The van der Waals surface area contributed by atoms with Gasteiger partial charge in [0.15, 0.2) is 16.3 Å². The van der Waals surface area contributed by atoms with E-state index < -0.39 is 0 Å². The van der Waals surface area contributed by atoms with Gasteiger partial charge in [0.05, 0.1) is 14.2 Å². The maximum Gasteiger partial charge on any atom is 0.255 e. The van der Waals surface area contributed by atoms with Crippen LogP contribution in [-0.2, 0) is 12.8 Å². The van der Waals surface area contributed by atoms with Crippen molar-refractivity contribution >= 4 is 12.2 Å². The maximum atomic E-state index is 12.1. The SMILES string of the molecule is CCc1[nH]c(=S)[nH]c(=O)c1Cc1cc(OC)c(O)c(OC)c1. The van der Waals surface area contributed by atoms with E-state index in [-0.39, 0.29) is 11.3 Å². The van der Waals surface area contributed by atoms with E-state index >= 15 is 0 Å². The van der Waals surface area contributed by atoms with Crippen LogP contribution in [0.25, 0.3) is 0 Å². The molecule has 3 N–H and O–H groups in total. The number of phenols is 1. The smallest absolute Gasteiger partial charge is 0.255 e. The summed E-state index contributed by atoms with van der Waals surface area (Å²) in [5.41, 5.74) is 1.97. The lowest BCUT2D eigenvalue weighted by Gasteiger charge is -2.12. The Morgan fingerprint density at radius 3 is 2.27 bits per heavy atom. The van der Waals surface area contributed by atoms with Crippen LogP contribution in [0.2, 0.25) is 0 Å². The molecule has 2 rings (SSSR count). The number of aromatic hydroxyl groups is 1. The second kappa shape index (κ2) is 6.65. The van der Waals surface area contributed by atoms with Crippen molar-refractivity contribution in [2.45, 2.75) is 19.8 Å². The molecule has 0 amide bonds. The average molecular weight is 322 g/mol. The fourth-order valence-corrected chi connectivity index (χ4v) is 2.52. The van der Waals surface area contributed by atoms with E-state index in [0.717, 1.165) is 11.3 Å². The van der Waals surface area contributed by atoms with Crippen LogP contribution in [0, 0.1) is 4.77 Å². The minimum absolute atomic E-state index is 0.0640. The summed E-state index contributed by atoms with van der Waals surface area (Å²) in [4.78, 5) is 17.7. The lowest BCUT2D eigenvalue weighted by Crippen LogP contribution is -2.18. The number of aromatic amines is 2.